The van der Waals surface area contributed by atoms with Gasteiger partial charge in [0.25, 0.3) is 5.56 Å². The molecule has 4 nitrogen and oxygen atoms in total. The summed E-state index contributed by atoms with van der Waals surface area (Å²) in [6.07, 6.45) is -0.117. The van der Waals surface area contributed by atoms with Crippen molar-refractivity contribution < 1.29 is 13.2 Å². The first-order chi connectivity index (χ1) is 13.8. The number of aryl methyl sites for hydroxylation is 3. The van der Waals surface area contributed by atoms with Gasteiger partial charge >= 0.3 is 6.18 Å². The minimum absolute atomic E-state index is 0.222. The lowest BCUT2D eigenvalue weighted by atomic mass is 10.0. The summed E-state index contributed by atoms with van der Waals surface area (Å²) < 4.78 is 40.5. The number of nitrogens with one attached hydrogen (secondary N) is 1. The Kier molecular flexibility index (Phi) is 4.74. The molecule has 4 rings (SSSR count). The number of alkyl halides is 3. The molecule has 0 saturated heterocycles. The van der Waals surface area contributed by atoms with Crippen LogP contribution in [0.15, 0.2) is 65.7 Å². The first-order valence-corrected chi connectivity index (χ1v) is 9.12. The number of benzene rings is 1. The van der Waals surface area contributed by atoms with Crippen molar-refractivity contribution in [3.8, 4) is 11.3 Å². The van der Waals surface area contributed by atoms with Gasteiger partial charge in [0.1, 0.15) is 11.2 Å². The number of aromatic nitrogens is 3. The van der Waals surface area contributed by atoms with E-state index >= 15 is 0 Å². The van der Waals surface area contributed by atoms with E-state index in [2.05, 4.69) is 9.97 Å². The highest BCUT2D eigenvalue weighted by Gasteiger charge is 2.32. The van der Waals surface area contributed by atoms with Crippen LogP contribution < -0.4 is 5.56 Å². The maximum Gasteiger partial charge on any atom is 0.433 e. The van der Waals surface area contributed by atoms with Crippen LogP contribution in [-0.4, -0.2) is 14.5 Å². The summed E-state index contributed by atoms with van der Waals surface area (Å²) in [6.45, 7) is 0. The SMILES string of the molecule is Cn1cc(CCc2ccccc2)c2cc(-c3ccnc(C(F)(F)F)c3)[nH]c2c1=O. The molecule has 0 aliphatic carbocycles. The number of fused-ring (bicyclic) bond motifs is 1. The second-order valence-corrected chi connectivity index (χ2v) is 6.96. The van der Waals surface area contributed by atoms with Crippen molar-refractivity contribution in [3.05, 3.63) is 88.1 Å². The van der Waals surface area contributed by atoms with Gasteiger partial charge in [-0.3, -0.25) is 9.78 Å². The smallest absolute Gasteiger partial charge is 0.350 e. The molecule has 4 aromatic rings. The molecule has 148 valence electrons. The Morgan fingerprint density at radius 1 is 1.07 bits per heavy atom. The second kappa shape index (κ2) is 7.24. The molecule has 3 aromatic heterocycles. The zero-order valence-electron chi connectivity index (χ0n) is 15.6. The summed E-state index contributed by atoms with van der Waals surface area (Å²) >= 11 is 0. The molecule has 0 saturated carbocycles. The van der Waals surface area contributed by atoms with E-state index in [0.29, 0.717) is 23.2 Å². The van der Waals surface area contributed by atoms with E-state index in [1.54, 1.807) is 19.3 Å². The zero-order chi connectivity index (χ0) is 20.6. The highest BCUT2D eigenvalue weighted by atomic mass is 19.4. The van der Waals surface area contributed by atoms with Crippen LogP contribution in [0.4, 0.5) is 13.2 Å². The second-order valence-electron chi connectivity index (χ2n) is 6.96. The molecule has 0 radical (unpaired) electrons. The Bertz CT molecular complexity index is 1220. The van der Waals surface area contributed by atoms with Gasteiger partial charge in [0, 0.05) is 36.1 Å². The van der Waals surface area contributed by atoms with E-state index in [-0.39, 0.29) is 5.56 Å². The van der Waals surface area contributed by atoms with E-state index in [1.807, 2.05) is 30.3 Å². The van der Waals surface area contributed by atoms with Crippen molar-refractivity contribution in [1.29, 1.82) is 0 Å². The molecule has 1 aromatic carbocycles. The molecule has 7 heteroatoms. The van der Waals surface area contributed by atoms with E-state index in [9.17, 15) is 18.0 Å². The monoisotopic (exact) mass is 397 g/mol. The number of aromatic amines is 1. The summed E-state index contributed by atoms with van der Waals surface area (Å²) in [4.78, 5) is 19.0. The third-order valence-corrected chi connectivity index (χ3v) is 4.93. The van der Waals surface area contributed by atoms with Gasteiger partial charge in [-0.15, -0.1) is 0 Å². The maximum absolute atomic E-state index is 13.0. The van der Waals surface area contributed by atoms with Gasteiger partial charge in [0.15, 0.2) is 0 Å². The van der Waals surface area contributed by atoms with Gasteiger partial charge in [0.2, 0.25) is 0 Å². The molecular weight excluding hydrogens is 379 g/mol. The Hall–Kier alpha value is -3.35. The molecule has 3 heterocycles. The molecule has 0 aliphatic rings. The number of H-pyrrole nitrogens is 1. The quantitative estimate of drug-likeness (QED) is 0.541. The van der Waals surface area contributed by atoms with Crippen LogP contribution in [0.5, 0.6) is 0 Å². The fourth-order valence-electron chi connectivity index (χ4n) is 3.45. The molecule has 0 atom stereocenters. The molecule has 0 fully saturated rings. The number of pyridine rings is 2. The van der Waals surface area contributed by atoms with Gasteiger partial charge in [-0.2, -0.15) is 13.2 Å². The van der Waals surface area contributed by atoms with Crippen LogP contribution in [0.25, 0.3) is 22.2 Å². The Morgan fingerprint density at radius 2 is 1.83 bits per heavy atom. The standard InChI is InChI=1S/C22H18F3N3O/c1-28-13-16(8-7-14-5-3-2-4-6-14)17-12-18(27-20(17)21(28)29)15-9-10-26-19(11-15)22(23,24)25/h2-6,9-13,27H,7-8H2,1H3. The lowest BCUT2D eigenvalue weighted by Crippen LogP contribution is -2.17. The van der Waals surface area contributed by atoms with E-state index in [1.165, 1.54) is 16.2 Å². The number of hydrogen-bond acceptors (Lipinski definition) is 2. The van der Waals surface area contributed by atoms with Crippen molar-refractivity contribution in [3.63, 3.8) is 0 Å². The number of rotatable bonds is 4. The third kappa shape index (κ3) is 3.81. The maximum atomic E-state index is 13.0. The highest BCUT2D eigenvalue weighted by Crippen LogP contribution is 2.31. The Morgan fingerprint density at radius 3 is 2.55 bits per heavy atom. The molecule has 29 heavy (non-hydrogen) atoms. The molecular formula is C22H18F3N3O. The summed E-state index contributed by atoms with van der Waals surface area (Å²) in [5.74, 6) is 0. The lowest BCUT2D eigenvalue weighted by Gasteiger charge is -2.06. The van der Waals surface area contributed by atoms with Crippen LogP contribution in [0, 0.1) is 0 Å². The molecule has 0 amide bonds. The average molecular weight is 397 g/mol. The number of nitrogens with zero attached hydrogens (tertiary/aromatic N) is 2. The summed E-state index contributed by atoms with van der Waals surface area (Å²) in [5, 5.41) is 0.726. The van der Waals surface area contributed by atoms with Crippen molar-refractivity contribution >= 4 is 10.9 Å². The molecule has 0 unspecified atom stereocenters. The van der Waals surface area contributed by atoms with E-state index in [0.717, 1.165) is 29.6 Å². The molecule has 0 bridgehead atoms. The van der Waals surface area contributed by atoms with Crippen LogP contribution >= 0.6 is 0 Å². The largest absolute Gasteiger partial charge is 0.433 e. The Balaban J connectivity index is 1.77. The van der Waals surface area contributed by atoms with Crippen molar-refractivity contribution in [2.75, 3.05) is 0 Å². The first kappa shape index (κ1) is 19.0. The predicted octanol–water partition coefficient (Wildman–Crippen LogP) is 4.73. The van der Waals surface area contributed by atoms with E-state index in [4.69, 9.17) is 0 Å². The minimum atomic E-state index is -4.53. The van der Waals surface area contributed by atoms with Crippen molar-refractivity contribution in [1.82, 2.24) is 14.5 Å². The van der Waals surface area contributed by atoms with Gasteiger partial charge in [-0.1, -0.05) is 30.3 Å². The van der Waals surface area contributed by atoms with Crippen molar-refractivity contribution in [2.24, 2.45) is 7.05 Å². The zero-order valence-corrected chi connectivity index (χ0v) is 15.6. The number of hydrogen-bond donors (Lipinski definition) is 1. The molecule has 1 N–H and O–H groups in total. The molecule has 0 spiro atoms. The normalized spacial score (nSPS) is 11.9. The predicted molar refractivity (Wildman–Crippen MR) is 106 cm³/mol. The minimum Gasteiger partial charge on any atom is -0.350 e. The van der Waals surface area contributed by atoms with Crippen LogP contribution in [0.1, 0.15) is 16.8 Å². The van der Waals surface area contributed by atoms with Gasteiger partial charge in [-0.05, 0) is 42.2 Å². The average Bonchev–Trinajstić information content (AvgIpc) is 3.16. The van der Waals surface area contributed by atoms with Gasteiger partial charge in [0.05, 0.1) is 0 Å². The van der Waals surface area contributed by atoms with E-state index < -0.39 is 11.9 Å². The van der Waals surface area contributed by atoms with Gasteiger partial charge < -0.3 is 9.55 Å². The fraction of sp³-hybridized carbons (Fsp3) is 0.182. The lowest BCUT2D eigenvalue weighted by molar-refractivity contribution is -0.141. The summed E-state index contributed by atoms with van der Waals surface area (Å²) in [5.41, 5.74) is 2.12. The summed E-state index contributed by atoms with van der Waals surface area (Å²) in [6, 6.07) is 14.2. The van der Waals surface area contributed by atoms with Gasteiger partial charge in [-0.25, -0.2) is 0 Å². The molecule has 0 aliphatic heterocycles. The summed E-state index contributed by atoms with van der Waals surface area (Å²) in [7, 11) is 1.67. The van der Waals surface area contributed by atoms with Crippen LogP contribution in [-0.2, 0) is 26.1 Å². The number of halogens is 3. The van der Waals surface area contributed by atoms with Crippen LogP contribution in [0.2, 0.25) is 0 Å². The Labute approximate surface area is 164 Å². The van der Waals surface area contributed by atoms with Crippen LogP contribution in [0.3, 0.4) is 0 Å². The van der Waals surface area contributed by atoms with Crippen molar-refractivity contribution in [2.45, 2.75) is 19.0 Å². The fourth-order valence-corrected chi connectivity index (χ4v) is 3.45. The topological polar surface area (TPSA) is 50.7 Å². The highest BCUT2D eigenvalue weighted by molar-refractivity contribution is 5.88. The third-order valence-electron chi connectivity index (χ3n) is 4.93. The first-order valence-electron chi connectivity index (χ1n) is 9.12.